The van der Waals surface area contributed by atoms with Gasteiger partial charge in [-0.2, -0.15) is 0 Å². The van der Waals surface area contributed by atoms with E-state index in [1.807, 2.05) is 43.3 Å². The predicted molar refractivity (Wildman–Crippen MR) is 141 cm³/mol. The van der Waals surface area contributed by atoms with Gasteiger partial charge < -0.3 is 15.0 Å². The summed E-state index contributed by atoms with van der Waals surface area (Å²) in [6, 6.07) is 15.3. The Bertz CT molecular complexity index is 1550. The molecule has 0 radical (unpaired) electrons. The van der Waals surface area contributed by atoms with Crippen LogP contribution in [0.1, 0.15) is 15.5 Å². The normalized spacial score (nSPS) is 11.2. The van der Waals surface area contributed by atoms with E-state index in [-0.39, 0.29) is 5.01 Å². The van der Waals surface area contributed by atoms with Crippen molar-refractivity contribution >= 4 is 57.2 Å². The first kappa shape index (κ1) is 23.3. The fraction of sp³-hybridized carbons (Fsp3) is 0.120. The summed E-state index contributed by atoms with van der Waals surface area (Å²) in [7, 11) is 0. The van der Waals surface area contributed by atoms with E-state index in [4.69, 9.17) is 28.3 Å². The molecule has 0 aliphatic heterocycles. The molecule has 7 nitrogen and oxygen atoms in total. The second-order valence-corrected chi connectivity index (χ2v) is 9.60. The molecule has 5 rings (SSSR count). The lowest BCUT2D eigenvalue weighted by molar-refractivity contribution is 0.0696. The molecule has 0 amide bonds. The number of aromatic carboxylic acids is 1. The van der Waals surface area contributed by atoms with Crippen LogP contribution in [0.3, 0.4) is 0 Å². The SMILES string of the molecule is Cc1cc2c(Cl)cc(Cl)cc2n1CCNc1cc(-c2ccc(-c3csc(C(=O)O)n3)cc2)ncn1. The third-order valence-electron chi connectivity index (χ3n) is 5.61. The Balaban J connectivity index is 1.29. The van der Waals surface area contributed by atoms with Crippen molar-refractivity contribution < 1.29 is 9.90 Å². The number of hydrogen-bond donors (Lipinski definition) is 2. The van der Waals surface area contributed by atoms with Gasteiger partial charge in [-0.05, 0) is 25.1 Å². The summed E-state index contributed by atoms with van der Waals surface area (Å²) >= 11 is 13.7. The number of carboxylic acid groups (broad SMARTS) is 1. The van der Waals surface area contributed by atoms with Crippen LogP contribution >= 0.6 is 34.5 Å². The van der Waals surface area contributed by atoms with Crippen LogP contribution in [0.2, 0.25) is 10.0 Å². The summed E-state index contributed by atoms with van der Waals surface area (Å²) in [4.78, 5) is 24.0. The highest BCUT2D eigenvalue weighted by atomic mass is 35.5. The van der Waals surface area contributed by atoms with Gasteiger partial charge in [0, 0.05) is 51.8 Å². The van der Waals surface area contributed by atoms with Gasteiger partial charge in [-0.1, -0.05) is 47.5 Å². The first-order valence-electron chi connectivity index (χ1n) is 10.7. The van der Waals surface area contributed by atoms with Gasteiger partial charge in [0.05, 0.1) is 21.9 Å². The molecule has 3 aromatic heterocycles. The Hall–Kier alpha value is -3.46. The molecule has 5 aromatic rings. The van der Waals surface area contributed by atoms with Gasteiger partial charge in [0.25, 0.3) is 0 Å². The molecule has 0 unspecified atom stereocenters. The van der Waals surface area contributed by atoms with Crippen molar-refractivity contribution in [3.05, 3.63) is 81.0 Å². The Morgan fingerprint density at radius 2 is 1.80 bits per heavy atom. The average Bonchev–Trinajstić information content (AvgIpc) is 3.46. The number of hydrogen-bond acceptors (Lipinski definition) is 6. The molecule has 0 spiro atoms. The van der Waals surface area contributed by atoms with E-state index in [0.29, 0.717) is 28.8 Å². The van der Waals surface area contributed by atoms with Gasteiger partial charge in [0.15, 0.2) is 0 Å². The molecule has 0 fully saturated rings. The number of carboxylic acids is 1. The van der Waals surface area contributed by atoms with Crippen LogP contribution in [0.25, 0.3) is 33.4 Å². The largest absolute Gasteiger partial charge is 0.476 e. The number of anilines is 1. The number of aryl methyl sites for hydroxylation is 1. The number of benzene rings is 2. The number of nitrogens with one attached hydrogen (secondary N) is 1. The van der Waals surface area contributed by atoms with E-state index in [0.717, 1.165) is 50.6 Å². The van der Waals surface area contributed by atoms with Crippen LogP contribution in [0.5, 0.6) is 0 Å². The van der Waals surface area contributed by atoms with Crippen molar-refractivity contribution in [2.24, 2.45) is 0 Å². The van der Waals surface area contributed by atoms with Gasteiger partial charge in [0.1, 0.15) is 12.1 Å². The minimum absolute atomic E-state index is 0.0740. The topological polar surface area (TPSA) is 92.9 Å². The lowest BCUT2D eigenvalue weighted by Gasteiger charge is -2.11. The number of halogens is 2. The molecule has 0 bridgehead atoms. The summed E-state index contributed by atoms with van der Waals surface area (Å²) in [5.74, 6) is -0.304. The van der Waals surface area contributed by atoms with Crippen LogP contribution in [0, 0.1) is 6.92 Å². The van der Waals surface area contributed by atoms with Crippen molar-refractivity contribution in [3.63, 3.8) is 0 Å². The maximum Gasteiger partial charge on any atom is 0.365 e. The molecule has 0 saturated heterocycles. The molecule has 0 saturated carbocycles. The molecular formula is C25H19Cl2N5O2S. The van der Waals surface area contributed by atoms with Crippen molar-refractivity contribution in [2.45, 2.75) is 13.5 Å². The summed E-state index contributed by atoms with van der Waals surface area (Å²) < 4.78 is 2.18. The van der Waals surface area contributed by atoms with Gasteiger partial charge in [0.2, 0.25) is 5.01 Å². The molecule has 2 aromatic carbocycles. The fourth-order valence-corrected chi connectivity index (χ4v) is 5.14. The van der Waals surface area contributed by atoms with Gasteiger partial charge >= 0.3 is 5.97 Å². The Kier molecular flexibility index (Phi) is 6.42. The quantitative estimate of drug-likeness (QED) is 0.248. The van der Waals surface area contributed by atoms with Crippen LogP contribution < -0.4 is 5.32 Å². The lowest BCUT2D eigenvalue weighted by Crippen LogP contribution is -2.12. The summed E-state index contributed by atoms with van der Waals surface area (Å²) in [5, 5.41) is 16.5. The minimum Gasteiger partial charge on any atom is -0.476 e. The van der Waals surface area contributed by atoms with Crippen LogP contribution in [0.4, 0.5) is 5.82 Å². The van der Waals surface area contributed by atoms with Crippen molar-refractivity contribution in [1.29, 1.82) is 0 Å². The van der Waals surface area contributed by atoms with Gasteiger partial charge in [-0.15, -0.1) is 11.3 Å². The van der Waals surface area contributed by atoms with E-state index >= 15 is 0 Å². The van der Waals surface area contributed by atoms with Crippen molar-refractivity contribution in [3.8, 4) is 22.5 Å². The molecule has 0 aliphatic rings. The van der Waals surface area contributed by atoms with E-state index in [1.165, 1.54) is 6.33 Å². The zero-order valence-electron chi connectivity index (χ0n) is 18.5. The number of fused-ring (bicyclic) bond motifs is 1. The number of aromatic nitrogens is 4. The second kappa shape index (κ2) is 9.65. The molecule has 35 heavy (non-hydrogen) atoms. The summed E-state index contributed by atoms with van der Waals surface area (Å²) in [6.45, 7) is 3.41. The third-order valence-corrected chi connectivity index (χ3v) is 6.98. The lowest BCUT2D eigenvalue weighted by atomic mass is 10.1. The molecule has 3 heterocycles. The van der Waals surface area contributed by atoms with Crippen LogP contribution in [-0.4, -0.2) is 37.1 Å². The number of thiazole rings is 1. The molecule has 0 aliphatic carbocycles. The minimum atomic E-state index is -1.02. The maximum absolute atomic E-state index is 11.1. The standard InChI is InChI=1S/C25H19Cl2N5O2S/c1-14-8-18-19(27)9-17(26)10-22(18)32(14)7-6-28-23-11-20(29-13-30-23)15-2-4-16(5-3-15)21-12-35-24(31-21)25(33)34/h2-5,8-13H,6-7H2,1H3,(H,33,34)(H,28,29,30). The Morgan fingerprint density at radius 3 is 2.51 bits per heavy atom. The maximum atomic E-state index is 11.1. The fourth-order valence-electron chi connectivity index (χ4n) is 3.93. The third kappa shape index (κ3) is 4.86. The van der Waals surface area contributed by atoms with E-state index < -0.39 is 5.97 Å². The van der Waals surface area contributed by atoms with Crippen LogP contribution in [0.15, 0.2) is 60.2 Å². The molecule has 0 atom stereocenters. The smallest absolute Gasteiger partial charge is 0.365 e. The average molecular weight is 524 g/mol. The van der Waals surface area contributed by atoms with Crippen LogP contribution in [-0.2, 0) is 6.54 Å². The molecule has 176 valence electrons. The summed E-state index contributed by atoms with van der Waals surface area (Å²) in [5.41, 5.74) is 5.29. The highest BCUT2D eigenvalue weighted by Gasteiger charge is 2.12. The van der Waals surface area contributed by atoms with Gasteiger partial charge in [-0.3, -0.25) is 0 Å². The monoisotopic (exact) mass is 523 g/mol. The first-order valence-corrected chi connectivity index (χ1v) is 12.3. The van der Waals surface area contributed by atoms with E-state index in [9.17, 15) is 4.79 Å². The van der Waals surface area contributed by atoms with E-state index in [2.05, 4.69) is 30.9 Å². The van der Waals surface area contributed by atoms with E-state index in [1.54, 1.807) is 11.4 Å². The number of carbonyl (C=O) groups is 1. The van der Waals surface area contributed by atoms with Gasteiger partial charge in [-0.25, -0.2) is 19.7 Å². The first-order chi connectivity index (χ1) is 16.9. The second-order valence-electron chi connectivity index (χ2n) is 7.89. The zero-order chi connectivity index (χ0) is 24.5. The summed E-state index contributed by atoms with van der Waals surface area (Å²) in [6.07, 6.45) is 1.53. The number of rotatable bonds is 7. The van der Waals surface area contributed by atoms with Crippen molar-refractivity contribution in [1.82, 2.24) is 19.5 Å². The molecule has 2 N–H and O–H groups in total. The Labute approximate surface area is 215 Å². The highest BCUT2D eigenvalue weighted by Crippen LogP contribution is 2.31. The zero-order valence-corrected chi connectivity index (χ0v) is 20.8. The Morgan fingerprint density at radius 1 is 1.06 bits per heavy atom. The predicted octanol–water partition coefficient (Wildman–Crippen LogP) is 6.65. The van der Waals surface area contributed by atoms with Crippen molar-refractivity contribution in [2.75, 3.05) is 11.9 Å². The molecular weight excluding hydrogens is 505 g/mol. The number of nitrogens with zero attached hydrogens (tertiary/aromatic N) is 4. The molecule has 10 heteroatoms. The highest BCUT2D eigenvalue weighted by molar-refractivity contribution is 7.11.